The summed E-state index contributed by atoms with van der Waals surface area (Å²) in [5, 5.41) is 0. The number of hydrogen-bond acceptors (Lipinski definition) is 3. The number of nitrogens with zero attached hydrogens (tertiary/aromatic N) is 1. The SMILES string of the molecule is O=C(c1ccc(NS(=O)(=O)c2ccc(F)cc2)cc1)N(Cc1cccc(F)c1)C1CC1. The van der Waals surface area contributed by atoms with Crippen LogP contribution in [0.25, 0.3) is 0 Å². The molecule has 1 N–H and O–H groups in total. The Morgan fingerprint density at radius 1 is 0.935 bits per heavy atom. The lowest BCUT2D eigenvalue weighted by molar-refractivity contribution is 0.0729. The third kappa shape index (κ3) is 5.08. The first-order chi connectivity index (χ1) is 14.8. The molecular weight excluding hydrogens is 422 g/mol. The summed E-state index contributed by atoms with van der Waals surface area (Å²) in [5.41, 5.74) is 1.40. The van der Waals surface area contributed by atoms with Crippen molar-refractivity contribution in [2.75, 3.05) is 4.72 Å². The summed E-state index contributed by atoms with van der Waals surface area (Å²) in [7, 11) is -3.88. The molecule has 3 aromatic rings. The molecule has 160 valence electrons. The van der Waals surface area contributed by atoms with Gasteiger partial charge in [-0.1, -0.05) is 12.1 Å². The van der Waals surface area contributed by atoms with E-state index in [1.807, 2.05) is 0 Å². The van der Waals surface area contributed by atoms with Gasteiger partial charge in [0.1, 0.15) is 11.6 Å². The van der Waals surface area contributed by atoms with Crippen LogP contribution >= 0.6 is 0 Å². The second-order valence-corrected chi connectivity index (χ2v) is 9.11. The molecule has 0 heterocycles. The van der Waals surface area contributed by atoms with Gasteiger partial charge in [0.15, 0.2) is 0 Å². The van der Waals surface area contributed by atoms with Gasteiger partial charge in [-0.25, -0.2) is 17.2 Å². The zero-order valence-corrected chi connectivity index (χ0v) is 17.3. The molecule has 0 aromatic heterocycles. The number of amides is 1. The van der Waals surface area contributed by atoms with Gasteiger partial charge in [0, 0.05) is 23.8 Å². The number of halogens is 2. The molecule has 0 saturated heterocycles. The normalized spacial score (nSPS) is 13.6. The molecule has 0 bridgehead atoms. The summed E-state index contributed by atoms with van der Waals surface area (Å²) < 4.78 is 53.8. The smallest absolute Gasteiger partial charge is 0.261 e. The average molecular weight is 442 g/mol. The van der Waals surface area contributed by atoms with Gasteiger partial charge in [-0.2, -0.15) is 0 Å². The first-order valence-corrected chi connectivity index (χ1v) is 11.2. The molecule has 8 heteroatoms. The highest BCUT2D eigenvalue weighted by atomic mass is 32.2. The van der Waals surface area contributed by atoms with Crippen molar-refractivity contribution < 1.29 is 22.0 Å². The molecule has 0 aliphatic heterocycles. The Bertz CT molecular complexity index is 1190. The van der Waals surface area contributed by atoms with Crippen molar-refractivity contribution in [2.45, 2.75) is 30.3 Å². The maximum atomic E-state index is 13.5. The van der Waals surface area contributed by atoms with Gasteiger partial charge in [0.2, 0.25) is 0 Å². The quantitative estimate of drug-likeness (QED) is 0.583. The van der Waals surface area contributed by atoms with Crippen LogP contribution in [-0.4, -0.2) is 25.3 Å². The van der Waals surface area contributed by atoms with E-state index in [-0.39, 0.29) is 28.3 Å². The standard InChI is InChI=1S/C23H20F2N2O3S/c24-18-6-12-22(13-7-18)31(29,30)26-20-8-4-17(5-9-20)23(28)27(21-10-11-21)15-16-2-1-3-19(25)14-16/h1-9,12-14,21,26H,10-11,15H2. The Morgan fingerprint density at radius 2 is 1.61 bits per heavy atom. The lowest BCUT2D eigenvalue weighted by Gasteiger charge is -2.23. The predicted octanol–water partition coefficient (Wildman–Crippen LogP) is 4.57. The van der Waals surface area contributed by atoms with E-state index < -0.39 is 15.8 Å². The van der Waals surface area contributed by atoms with Crippen molar-refractivity contribution in [1.29, 1.82) is 0 Å². The van der Waals surface area contributed by atoms with Crippen molar-refractivity contribution in [3.8, 4) is 0 Å². The number of nitrogens with one attached hydrogen (secondary N) is 1. The van der Waals surface area contributed by atoms with Crippen LogP contribution < -0.4 is 4.72 Å². The molecule has 0 radical (unpaired) electrons. The van der Waals surface area contributed by atoms with Gasteiger partial charge in [0.25, 0.3) is 15.9 Å². The number of carbonyl (C=O) groups excluding carboxylic acids is 1. The largest absolute Gasteiger partial charge is 0.331 e. The van der Waals surface area contributed by atoms with Gasteiger partial charge >= 0.3 is 0 Å². The van der Waals surface area contributed by atoms with E-state index in [4.69, 9.17) is 0 Å². The van der Waals surface area contributed by atoms with Crippen LogP contribution in [-0.2, 0) is 16.6 Å². The zero-order valence-electron chi connectivity index (χ0n) is 16.5. The Labute approximate surface area is 179 Å². The average Bonchev–Trinajstić information content (AvgIpc) is 3.57. The van der Waals surface area contributed by atoms with Crippen molar-refractivity contribution in [2.24, 2.45) is 0 Å². The number of sulfonamides is 1. The summed E-state index contributed by atoms with van der Waals surface area (Å²) >= 11 is 0. The van der Waals surface area contributed by atoms with Crippen LogP contribution in [0.4, 0.5) is 14.5 Å². The molecule has 4 rings (SSSR count). The van der Waals surface area contributed by atoms with Crippen LogP contribution in [0.3, 0.4) is 0 Å². The van der Waals surface area contributed by atoms with Crippen LogP contribution in [0.1, 0.15) is 28.8 Å². The lowest BCUT2D eigenvalue weighted by Crippen LogP contribution is -2.32. The number of rotatable bonds is 7. The van der Waals surface area contributed by atoms with Crippen molar-refractivity contribution >= 4 is 21.6 Å². The third-order valence-corrected chi connectivity index (χ3v) is 6.40. The summed E-state index contributed by atoms with van der Waals surface area (Å²) in [6, 6.07) is 16.9. The molecule has 1 fully saturated rings. The maximum absolute atomic E-state index is 13.5. The number of hydrogen-bond donors (Lipinski definition) is 1. The molecule has 5 nitrogen and oxygen atoms in total. The van der Waals surface area contributed by atoms with Crippen LogP contribution in [0.5, 0.6) is 0 Å². The van der Waals surface area contributed by atoms with E-state index in [2.05, 4.69) is 4.72 Å². The maximum Gasteiger partial charge on any atom is 0.261 e. The molecule has 1 saturated carbocycles. The van der Waals surface area contributed by atoms with E-state index in [9.17, 15) is 22.0 Å². The molecule has 0 atom stereocenters. The molecular formula is C23H20F2N2O3S. The first kappa shape index (κ1) is 21.0. The van der Waals surface area contributed by atoms with E-state index in [0.29, 0.717) is 17.7 Å². The van der Waals surface area contributed by atoms with E-state index in [0.717, 1.165) is 25.0 Å². The van der Waals surface area contributed by atoms with Gasteiger partial charge in [-0.05, 0) is 79.1 Å². The Hall–Kier alpha value is -3.26. The second kappa shape index (κ2) is 8.47. The fraction of sp³-hybridized carbons (Fsp3) is 0.174. The molecule has 1 aliphatic rings. The van der Waals surface area contributed by atoms with E-state index in [1.165, 1.54) is 36.4 Å². The van der Waals surface area contributed by atoms with Crippen molar-refractivity contribution in [3.63, 3.8) is 0 Å². The molecule has 0 unspecified atom stereocenters. The van der Waals surface area contributed by atoms with Crippen LogP contribution in [0.15, 0.2) is 77.7 Å². The minimum Gasteiger partial charge on any atom is -0.331 e. The summed E-state index contributed by atoms with van der Waals surface area (Å²) in [5.74, 6) is -1.07. The molecule has 1 aliphatic carbocycles. The number of benzene rings is 3. The van der Waals surface area contributed by atoms with Gasteiger partial charge < -0.3 is 4.90 Å². The topological polar surface area (TPSA) is 66.5 Å². The zero-order chi connectivity index (χ0) is 22.0. The Balaban J connectivity index is 1.48. The fourth-order valence-corrected chi connectivity index (χ4v) is 4.32. The molecule has 0 spiro atoms. The third-order valence-electron chi connectivity index (χ3n) is 5.00. The summed E-state index contributed by atoms with van der Waals surface area (Å²) in [6.07, 6.45) is 1.80. The highest BCUT2D eigenvalue weighted by Gasteiger charge is 2.33. The number of anilines is 1. The van der Waals surface area contributed by atoms with Crippen LogP contribution in [0, 0.1) is 11.6 Å². The molecule has 1 amide bonds. The van der Waals surface area contributed by atoms with Crippen molar-refractivity contribution in [1.82, 2.24) is 4.90 Å². The van der Waals surface area contributed by atoms with Gasteiger partial charge in [-0.15, -0.1) is 0 Å². The summed E-state index contributed by atoms with van der Waals surface area (Å²) in [6.45, 7) is 0.306. The second-order valence-electron chi connectivity index (χ2n) is 7.43. The predicted molar refractivity (Wildman–Crippen MR) is 113 cm³/mol. The van der Waals surface area contributed by atoms with Crippen molar-refractivity contribution in [3.05, 3.63) is 95.6 Å². The minimum atomic E-state index is -3.88. The van der Waals surface area contributed by atoms with Crippen LogP contribution in [0.2, 0.25) is 0 Å². The molecule has 3 aromatic carbocycles. The fourth-order valence-electron chi connectivity index (χ4n) is 3.26. The Morgan fingerprint density at radius 3 is 2.23 bits per heavy atom. The lowest BCUT2D eigenvalue weighted by atomic mass is 10.1. The monoisotopic (exact) mass is 442 g/mol. The molecule has 31 heavy (non-hydrogen) atoms. The highest BCUT2D eigenvalue weighted by molar-refractivity contribution is 7.92. The first-order valence-electron chi connectivity index (χ1n) is 9.76. The van der Waals surface area contributed by atoms with Gasteiger partial charge in [-0.3, -0.25) is 9.52 Å². The minimum absolute atomic E-state index is 0.0657. The summed E-state index contributed by atoms with van der Waals surface area (Å²) in [4.78, 5) is 14.7. The van der Waals surface area contributed by atoms with Gasteiger partial charge in [0.05, 0.1) is 4.90 Å². The van der Waals surface area contributed by atoms with E-state index in [1.54, 1.807) is 29.2 Å². The van der Waals surface area contributed by atoms with E-state index >= 15 is 0 Å². The Kier molecular flexibility index (Phi) is 5.73. The highest BCUT2D eigenvalue weighted by Crippen LogP contribution is 2.30. The number of carbonyl (C=O) groups is 1.